The molecule has 108 valence electrons. The van der Waals surface area contributed by atoms with Gasteiger partial charge >= 0.3 is 5.97 Å². The molecule has 0 saturated carbocycles. The van der Waals surface area contributed by atoms with E-state index in [2.05, 4.69) is 24.1 Å². The fourth-order valence-corrected chi connectivity index (χ4v) is 2.68. The number of aromatic nitrogens is 1. The Balaban J connectivity index is 2.41. The molecule has 0 amide bonds. The number of anilines is 1. The van der Waals surface area contributed by atoms with Crippen LogP contribution in [0.5, 0.6) is 0 Å². The van der Waals surface area contributed by atoms with E-state index in [4.69, 9.17) is 4.74 Å². The lowest BCUT2D eigenvalue weighted by Gasteiger charge is -2.14. The first kappa shape index (κ1) is 16.0. The third-order valence-corrected chi connectivity index (χ3v) is 3.72. The number of carbonyl (C=O) groups excluding carboxylic acids is 1. The van der Waals surface area contributed by atoms with E-state index in [9.17, 15) is 4.79 Å². The highest BCUT2D eigenvalue weighted by Gasteiger charge is 2.09. The summed E-state index contributed by atoms with van der Waals surface area (Å²) >= 11 is 1.61. The van der Waals surface area contributed by atoms with Crippen molar-refractivity contribution in [3.8, 4) is 0 Å². The Hall–Kier alpha value is -1.10. The summed E-state index contributed by atoms with van der Waals surface area (Å²) in [4.78, 5) is 15.8. The number of thiazole rings is 1. The van der Waals surface area contributed by atoms with Crippen LogP contribution in [-0.4, -0.2) is 23.6 Å². The van der Waals surface area contributed by atoms with Gasteiger partial charge < -0.3 is 10.1 Å². The summed E-state index contributed by atoms with van der Waals surface area (Å²) in [6.45, 7) is 6.64. The summed E-state index contributed by atoms with van der Waals surface area (Å²) in [6.07, 6.45) is 4.50. The predicted octanol–water partition coefficient (Wildman–Crippen LogP) is 3.63. The first-order valence-electron chi connectivity index (χ1n) is 7.06. The van der Waals surface area contributed by atoms with E-state index in [1.165, 1.54) is 6.42 Å². The van der Waals surface area contributed by atoms with E-state index in [-0.39, 0.29) is 5.97 Å². The summed E-state index contributed by atoms with van der Waals surface area (Å²) in [7, 11) is 0. The van der Waals surface area contributed by atoms with Gasteiger partial charge in [-0.15, -0.1) is 11.3 Å². The number of rotatable bonds is 9. The molecule has 1 rings (SSSR count). The van der Waals surface area contributed by atoms with Crippen LogP contribution in [0.15, 0.2) is 5.38 Å². The second-order valence-electron chi connectivity index (χ2n) is 4.49. The maximum absolute atomic E-state index is 11.3. The fourth-order valence-electron chi connectivity index (χ4n) is 1.85. The second-order valence-corrected chi connectivity index (χ2v) is 5.35. The van der Waals surface area contributed by atoms with E-state index < -0.39 is 0 Å². The van der Waals surface area contributed by atoms with Gasteiger partial charge in [0.15, 0.2) is 5.13 Å². The first-order valence-corrected chi connectivity index (χ1v) is 7.94. The van der Waals surface area contributed by atoms with Crippen LogP contribution in [0.4, 0.5) is 5.13 Å². The molecule has 0 saturated heterocycles. The van der Waals surface area contributed by atoms with Crippen molar-refractivity contribution in [3.05, 3.63) is 11.1 Å². The van der Waals surface area contributed by atoms with Gasteiger partial charge in [-0.1, -0.05) is 20.3 Å². The minimum Gasteiger partial charge on any atom is -0.466 e. The number of ether oxygens (including phenoxy) is 1. The average Bonchev–Trinajstić information content (AvgIpc) is 2.84. The van der Waals surface area contributed by atoms with Crippen molar-refractivity contribution in [2.24, 2.45) is 0 Å². The van der Waals surface area contributed by atoms with Gasteiger partial charge in [0.1, 0.15) is 0 Å². The largest absolute Gasteiger partial charge is 0.466 e. The summed E-state index contributed by atoms with van der Waals surface area (Å²) in [5, 5.41) is 6.43. The van der Waals surface area contributed by atoms with Crippen LogP contribution in [0.2, 0.25) is 0 Å². The van der Waals surface area contributed by atoms with Crippen molar-refractivity contribution in [1.82, 2.24) is 4.98 Å². The van der Waals surface area contributed by atoms with Crippen LogP contribution in [0.3, 0.4) is 0 Å². The third kappa shape index (κ3) is 6.05. The van der Waals surface area contributed by atoms with E-state index in [1.54, 1.807) is 11.3 Å². The summed E-state index contributed by atoms with van der Waals surface area (Å²) in [5.74, 6) is -0.151. The monoisotopic (exact) mass is 284 g/mol. The number of carbonyl (C=O) groups is 1. The lowest BCUT2D eigenvalue weighted by molar-refractivity contribution is -0.143. The molecule has 1 aromatic rings. The predicted molar refractivity (Wildman–Crippen MR) is 79.7 cm³/mol. The van der Waals surface area contributed by atoms with Gasteiger partial charge in [0.2, 0.25) is 0 Å². The molecule has 0 aromatic carbocycles. The Morgan fingerprint density at radius 1 is 1.47 bits per heavy atom. The second kappa shape index (κ2) is 8.91. The molecule has 1 heterocycles. The zero-order valence-electron chi connectivity index (χ0n) is 12.1. The molecule has 1 unspecified atom stereocenters. The summed E-state index contributed by atoms with van der Waals surface area (Å²) < 4.78 is 4.91. The molecule has 0 aliphatic carbocycles. The Labute approximate surface area is 119 Å². The number of aryl methyl sites for hydroxylation is 1. The Bertz CT molecular complexity index is 379. The van der Waals surface area contributed by atoms with Gasteiger partial charge in [-0.2, -0.15) is 0 Å². The van der Waals surface area contributed by atoms with E-state index >= 15 is 0 Å². The van der Waals surface area contributed by atoms with E-state index in [0.717, 1.165) is 23.7 Å². The topological polar surface area (TPSA) is 51.2 Å². The number of nitrogens with zero attached hydrogens (tertiary/aromatic N) is 1. The van der Waals surface area contributed by atoms with Gasteiger partial charge in [0.25, 0.3) is 0 Å². The molecule has 0 aliphatic heterocycles. The van der Waals surface area contributed by atoms with Crippen LogP contribution >= 0.6 is 11.3 Å². The van der Waals surface area contributed by atoms with Crippen LogP contribution in [0.25, 0.3) is 0 Å². The van der Waals surface area contributed by atoms with Gasteiger partial charge in [0.05, 0.1) is 18.7 Å². The van der Waals surface area contributed by atoms with Crippen LogP contribution in [0, 0.1) is 0 Å². The van der Waals surface area contributed by atoms with E-state index in [1.807, 2.05) is 12.3 Å². The molecule has 0 spiro atoms. The molecule has 4 nitrogen and oxygen atoms in total. The van der Waals surface area contributed by atoms with Crippen molar-refractivity contribution in [3.63, 3.8) is 0 Å². The fraction of sp³-hybridized carbons (Fsp3) is 0.714. The van der Waals surface area contributed by atoms with Crippen molar-refractivity contribution in [2.45, 2.75) is 58.9 Å². The molecule has 0 radical (unpaired) electrons. The number of hydrogen-bond acceptors (Lipinski definition) is 5. The highest BCUT2D eigenvalue weighted by Crippen LogP contribution is 2.19. The Morgan fingerprint density at radius 3 is 2.89 bits per heavy atom. The quantitative estimate of drug-likeness (QED) is 0.704. The lowest BCUT2D eigenvalue weighted by Crippen LogP contribution is -2.17. The third-order valence-electron chi connectivity index (χ3n) is 2.90. The first-order chi connectivity index (χ1) is 9.19. The maximum atomic E-state index is 11.3. The molecule has 5 heteroatoms. The highest BCUT2D eigenvalue weighted by atomic mass is 32.1. The van der Waals surface area contributed by atoms with Crippen molar-refractivity contribution >= 4 is 22.4 Å². The minimum absolute atomic E-state index is 0.151. The SMILES string of the molecule is CCCC(CC)Nc1nc(CCC(=O)OCC)cs1. The zero-order valence-corrected chi connectivity index (χ0v) is 12.9. The maximum Gasteiger partial charge on any atom is 0.306 e. The minimum atomic E-state index is -0.151. The Morgan fingerprint density at radius 2 is 2.26 bits per heavy atom. The highest BCUT2D eigenvalue weighted by molar-refractivity contribution is 7.13. The molecule has 1 N–H and O–H groups in total. The molecular weight excluding hydrogens is 260 g/mol. The molecule has 0 aliphatic rings. The van der Waals surface area contributed by atoms with Gasteiger partial charge in [-0.05, 0) is 19.8 Å². The summed E-state index contributed by atoms with van der Waals surface area (Å²) in [5.41, 5.74) is 0.965. The number of nitrogens with one attached hydrogen (secondary N) is 1. The van der Waals surface area contributed by atoms with Crippen molar-refractivity contribution in [1.29, 1.82) is 0 Å². The standard InChI is InChI=1S/C14H24N2O2S/c1-4-7-11(5-2)15-14-16-12(10-19-14)8-9-13(17)18-6-3/h10-11H,4-9H2,1-3H3,(H,15,16). The van der Waals surface area contributed by atoms with Crippen LogP contribution in [0.1, 0.15) is 52.1 Å². The molecule has 0 fully saturated rings. The molecular formula is C14H24N2O2S. The van der Waals surface area contributed by atoms with Crippen molar-refractivity contribution < 1.29 is 9.53 Å². The van der Waals surface area contributed by atoms with Crippen LogP contribution in [-0.2, 0) is 16.0 Å². The van der Waals surface area contributed by atoms with Crippen molar-refractivity contribution in [2.75, 3.05) is 11.9 Å². The Kier molecular flexibility index (Phi) is 7.48. The van der Waals surface area contributed by atoms with Gasteiger partial charge in [-0.3, -0.25) is 4.79 Å². The number of hydrogen-bond donors (Lipinski definition) is 1. The average molecular weight is 284 g/mol. The lowest BCUT2D eigenvalue weighted by atomic mass is 10.1. The normalized spacial score (nSPS) is 12.2. The van der Waals surface area contributed by atoms with Gasteiger partial charge in [-0.25, -0.2) is 4.98 Å². The molecule has 0 bridgehead atoms. The number of esters is 1. The molecule has 19 heavy (non-hydrogen) atoms. The molecule has 1 aromatic heterocycles. The summed E-state index contributed by atoms with van der Waals surface area (Å²) in [6, 6.07) is 0.494. The zero-order chi connectivity index (χ0) is 14.1. The molecule has 1 atom stereocenters. The van der Waals surface area contributed by atoms with E-state index in [0.29, 0.717) is 25.5 Å². The van der Waals surface area contributed by atoms with Gasteiger partial charge in [0, 0.05) is 17.8 Å². The smallest absolute Gasteiger partial charge is 0.306 e. The van der Waals surface area contributed by atoms with Crippen LogP contribution < -0.4 is 5.32 Å².